The highest BCUT2D eigenvalue weighted by Gasteiger charge is 2.46. The summed E-state index contributed by atoms with van der Waals surface area (Å²) >= 11 is 0. The molecular formula is C48H56N4O10. The molecule has 3 aromatic carbocycles. The summed E-state index contributed by atoms with van der Waals surface area (Å²) in [6.07, 6.45) is 5.76. The van der Waals surface area contributed by atoms with Crippen LogP contribution in [0.15, 0.2) is 84.7 Å². The van der Waals surface area contributed by atoms with Crippen LogP contribution in [-0.4, -0.2) is 95.3 Å². The van der Waals surface area contributed by atoms with E-state index in [-0.39, 0.29) is 59.9 Å². The zero-order valence-electron chi connectivity index (χ0n) is 36.1. The van der Waals surface area contributed by atoms with E-state index in [0.29, 0.717) is 67.9 Å². The van der Waals surface area contributed by atoms with Crippen molar-refractivity contribution in [3.8, 4) is 17.2 Å². The van der Waals surface area contributed by atoms with Crippen molar-refractivity contribution in [2.24, 2.45) is 0 Å². The van der Waals surface area contributed by atoms with Crippen molar-refractivity contribution >= 4 is 35.2 Å². The molecule has 0 fully saturated rings. The van der Waals surface area contributed by atoms with Gasteiger partial charge in [0, 0.05) is 31.0 Å². The summed E-state index contributed by atoms with van der Waals surface area (Å²) in [5.41, 5.74) is 5.69. The minimum atomic E-state index is -1.36. The van der Waals surface area contributed by atoms with Crippen LogP contribution in [0.3, 0.4) is 0 Å². The highest BCUT2D eigenvalue weighted by Crippen LogP contribution is 2.43. The second-order valence-corrected chi connectivity index (χ2v) is 16.3. The Morgan fingerprint density at radius 2 is 1.31 bits per heavy atom. The van der Waals surface area contributed by atoms with Crippen molar-refractivity contribution < 1.29 is 48.3 Å². The molecule has 0 unspecified atom stereocenters. The normalized spacial score (nSPS) is 20.3. The standard InChI is InChI=1S/C48H56N4O10/c1-7-18-62-48(58)52-37-25-40(31(5)23-34(37)44(54)50-28-30(4)22-39(50)47(52)57)60-19-10-9-11-20-61-42-26-36-35(24-41(42)59-6)45(55)49-27-29(3)21-38(49)46(56)51(36)43(53)17-16-33-14-12-32(8-2)13-15-33/h7,12-15,23-28,38-39,46-47,56-57H,1,8-11,16-22H2,2-6H3/t38-,39-,46-,47-/m0/s1. The summed E-state index contributed by atoms with van der Waals surface area (Å²) in [6.45, 7) is 11.8. The minimum Gasteiger partial charge on any atom is -0.493 e. The smallest absolute Gasteiger partial charge is 0.416 e. The fraction of sp³-hybridized carbons (Fsp3) is 0.417. The molecule has 0 aromatic heterocycles. The Balaban J connectivity index is 1.02. The Kier molecular flexibility index (Phi) is 13.4. The first-order chi connectivity index (χ1) is 29.8. The second kappa shape index (κ2) is 18.9. The van der Waals surface area contributed by atoms with E-state index >= 15 is 0 Å². The van der Waals surface area contributed by atoms with Crippen molar-refractivity contribution in [1.29, 1.82) is 0 Å². The van der Waals surface area contributed by atoms with Crippen LogP contribution in [0.1, 0.15) is 96.7 Å². The first-order valence-corrected chi connectivity index (χ1v) is 21.3. The van der Waals surface area contributed by atoms with E-state index in [1.54, 1.807) is 36.7 Å². The molecule has 0 radical (unpaired) electrons. The first kappa shape index (κ1) is 44.0. The Morgan fingerprint density at radius 3 is 1.90 bits per heavy atom. The quantitative estimate of drug-likeness (QED) is 0.119. The fourth-order valence-electron chi connectivity index (χ4n) is 8.59. The van der Waals surface area contributed by atoms with Crippen LogP contribution in [0, 0.1) is 6.92 Å². The summed E-state index contributed by atoms with van der Waals surface area (Å²) in [7, 11) is 1.49. The van der Waals surface area contributed by atoms with Crippen molar-refractivity contribution in [2.75, 3.05) is 36.7 Å². The molecule has 328 valence electrons. The molecule has 0 aliphatic carbocycles. The van der Waals surface area contributed by atoms with Crippen molar-refractivity contribution in [1.82, 2.24) is 9.80 Å². The number of rotatable bonds is 15. The lowest BCUT2D eigenvalue weighted by atomic mass is 10.0. The molecule has 4 aliphatic heterocycles. The summed E-state index contributed by atoms with van der Waals surface area (Å²) < 4.78 is 23.4. The van der Waals surface area contributed by atoms with Gasteiger partial charge in [-0.25, -0.2) is 9.69 Å². The Labute approximate surface area is 362 Å². The van der Waals surface area contributed by atoms with E-state index in [4.69, 9.17) is 18.9 Å². The predicted molar refractivity (Wildman–Crippen MR) is 233 cm³/mol. The van der Waals surface area contributed by atoms with Gasteiger partial charge in [0.25, 0.3) is 11.8 Å². The number of ether oxygens (including phenoxy) is 4. The van der Waals surface area contributed by atoms with Gasteiger partial charge >= 0.3 is 6.09 Å². The van der Waals surface area contributed by atoms with Crippen LogP contribution in [-0.2, 0) is 22.4 Å². The number of aryl methyl sites for hydroxylation is 3. The lowest BCUT2D eigenvalue weighted by Gasteiger charge is -2.32. The highest BCUT2D eigenvalue weighted by atomic mass is 16.6. The van der Waals surface area contributed by atoms with Crippen LogP contribution in [0.4, 0.5) is 16.2 Å². The topological polar surface area (TPSA) is 159 Å². The first-order valence-electron chi connectivity index (χ1n) is 21.3. The number of hydrogen-bond acceptors (Lipinski definition) is 10. The fourth-order valence-corrected chi connectivity index (χ4v) is 8.59. The Hall–Kier alpha value is -6.12. The lowest BCUT2D eigenvalue weighted by Crippen LogP contribution is -2.50. The van der Waals surface area contributed by atoms with E-state index in [1.807, 2.05) is 32.9 Å². The number of aliphatic hydroxyl groups is 2. The minimum absolute atomic E-state index is 0.0676. The number of methoxy groups -OCH3 is 1. The van der Waals surface area contributed by atoms with Gasteiger partial charge in [-0.2, -0.15) is 0 Å². The van der Waals surface area contributed by atoms with E-state index < -0.39 is 30.6 Å². The number of anilines is 2. The molecule has 4 heterocycles. The van der Waals surface area contributed by atoms with E-state index in [9.17, 15) is 29.4 Å². The number of benzene rings is 3. The van der Waals surface area contributed by atoms with Crippen LogP contribution in [0.25, 0.3) is 0 Å². The third-order valence-corrected chi connectivity index (χ3v) is 11.9. The maximum atomic E-state index is 14.1. The average molecular weight is 849 g/mol. The predicted octanol–water partition coefficient (Wildman–Crippen LogP) is 7.19. The molecule has 2 N–H and O–H groups in total. The average Bonchev–Trinajstić information content (AvgIpc) is 3.83. The number of unbranched alkanes of at least 4 members (excludes halogenated alkanes) is 2. The van der Waals surface area contributed by atoms with Crippen LogP contribution < -0.4 is 24.0 Å². The zero-order valence-corrected chi connectivity index (χ0v) is 36.1. The number of amides is 4. The van der Waals surface area contributed by atoms with Gasteiger partial charge in [-0.3, -0.25) is 19.3 Å². The van der Waals surface area contributed by atoms with Gasteiger partial charge in [-0.15, -0.1) is 0 Å². The van der Waals surface area contributed by atoms with Crippen LogP contribution >= 0.6 is 0 Å². The number of fused-ring (bicyclic) bond motifs is 4. The second-order valence-electron chi connectivity index (χ2n) is 16.3. The molecule has 0 saturated carbocycles. The summed E-state index contributed by atoms with van der Waals surface area (Å²) in [5, 5.41) is 23.2. The maximum Gasteiger partial charge on any atom is 0.416 e. The van der Waals surface area contributed by atoms with E-state index in [0.717, 1.165) is 28.0 Å². The number of aliphatic hydroxyl groups excluding tert-OH is 2. The van der Waals surface area contributed by atoms with Crippen molar-refractivity contribution in [3.05, 3.63) is 113 Å². The molecule has 0 bridgehead atoms. The molecule has 14 nitrogen and oxygen atoms in total. The zero-order chi connectivity index (χ0) is 44.2. The van der Waals surface area contributed by atoms with Gasteiger partial charge in [-0.1, -0.05) is 55.0 Å². The molecule has 0 saturated heterocycles. The highest BCUT2D eigenvalue weighted by molar-refractivity contribution is 6.08. The molecule has 14 heteroatoms. The van der Waals surface area contributed by atoms with Crippen LogP contribution in [0.2, 0.25) is 0 Å². The molecular weight excluding hydrogens is 793 g/mol. The van der Waals surface area contributed by atoms with E-state index in [1.165, 1.54) is 33.4 Å². The van der Waals surface area contributed by atoms with Gasteiger partial charge in [0.1, 0.15) is 12.4 Å². The number of carbonyl (C=O) groups excluding carboxylic acids is 4. The van der Waals surface area contributed by atoms with Gasteiger partial charge < -0.3 is 39.0 Å². The van der Waals surface area contributed by atoms with Gasteiger partial charge in [-0.05, 0) is 94.5 Å². The molecule has 7 rings (SSSR count). The molecule has 3 aromatic rings. The molecule has 4 amide bonds. The molecule has 0 spiro atoms. The number of hydrogen-bond donors (Lipinski definition) is 2. The Morgan fingerprint density at radius 1 is 0.758 bits per heavy atom. The van der Waals surface area contributed by atoms with Gasteiger partial charge in [0.2, 0.25) is 5.91 Å². The number of carbonyl (C=O) groups is 4. The molecule has 4 aliphatic rings. The monoisotopic (exact) mass is 848 g/mol. The Bertz CT molecular complexity index is 2290. The lowest BCUT2D eigenvalue weighted by molar-refractivity contribution is -0.121. The van der Waals surface area contributed by atoms with Gasteiger partial charge in [0.15, 0.2) is 24.0 Å². The molecule has 4 atom stereocenters. The largest absolute Gasteiger partial charge is 0.493 e. The van der Waals surface area contributed by atoms with Crippen molar-refractivity contribution in [2.45, 2.75) is 104 Å². The van der Waals surface area contributed by atoms with Crippen molar-refractivity contribution in [3.63, 3.8) is 0 Å². The SMILES string of the molecule is C=CCOC(=O)N1c2cc(OCCCCCOc3cc4c(cc3OC)C(=O)N3C=C(C)C[C@H]3[C@H](O)N4C(=O)CCc3ccc(CC)cc3)c(C)cc2C(=O)N2C=C(C)C[C@H]2[C@@H]1O. The summed E-state index contributed by atoms with van der Waals surface area (Å²) in [6, 6.07) is 13.3. The van der Waals surface area contributed by atoms with Crippen LogP contribution in [0.5, 0.6) is 17.2 Å². The molecule has 62 heavy (non-hydrogen) atoms. The summed E-state index contributed by atoms with van der Waals surface area (Å²) in [4.78, 5) is 60.6. The summed E-state index contributed by atoms with van der Waals surface area (Å²) in [5.74, 6) is 0.146. The van der Waals surface area contributed by atoms with E-state index in [2.05, 4.69) is 25.6 Å². The number of nitrogens with zero attached hydrogens (tertiary/aromatic N) is 4. The maximum absolute atomic E-state index is 14.1. The third-order valence-electron chi connectivity index (χ3n) is 11.9. The van der Waals surface area contributed by atoms with Gasteiger partial charge in [0.05, 0.1) is 54.9 Å². The third kappa shape index (κ3) is 8.80.